The van der Waals surface area contributed by atoms with Gasteiger partial charge in [0.15, 0.2) is 0 Å². The standard InChI is InChI=1S/C18H14FNOS/c19-15-10-5-4-9-14(15)18(21)20-17(16-11-6-12-22-16)13-7-2-1-3-8-13/h1-12,17H,(H,20,21)/t17-/m0/s1. The van der Waals surface area contributed by atoms with Crippen molar-refractivity contribution >= 4 is 17.2 Å². The molecule has 3 rings (SSSR count). The number of carbonyl (C=O) groups is 1. The number of hydrogen-bond acceptors (Lipinski definition) is 2. The van der Waals surface area contributed by atoms with Crippen LogP contribution in [0.3, 0.4) is 0 Å². The Kier molecular flexibility index (Phi) is 4.30. The molecule has 1 atom stereocenters. The van der Waals surface area contributed by atoms with Crippen molar-refractivity contribution < 1.29 is 9.18 Å². The van der Waals surface area contributed by atoms with Gasteiger partial charge in [-0.05, 0) is 29.1 Å². The summed E-state index contributed by atoms with van der Waals surface area (Å²) in [5.41, 5.74) is 1.02. The lowest BCUT2D eigenvalue weighted by Crippen LogP contribution is -2.29. The number of halogens is 1. The molecule has 0 saturated carbocycles. The van der Waals surface area contributed by atoms with Crippen molar-refractivity contribution in [2.45, 2.75) is 6.04 Å². The SMILES string of the molecule is O=C(N[C@@H](c1ccccc1)c1cccs1)c1ccccc1F. The number of nitrogens with one attached hydrogen (secondary N) is 1. The van der Waals surface area contributed by atoms with Gasteiger partial charge in [0, 0.05) is 4.88 Å². The molecule has 0 fully saturated rings. The highest BCUT2D eigenvalue weighted by molar-refractivity contribution is 7.10. The van der Waals surface area contributed by atoms with E-state index < -0.39 is 11.7 Å². The molecule has 4 heteroatoms. The molecule has 0 aliphatic carbocycles. The van der Waals surface area contributed by atoms with Gasteiger partial charge in [-0.15, -0.1) is 11.3 Å². The van der Waals surface area contributed by atoms with Crippen molar-refractivity contribution in [3.05, 3.63) is 93.9 Å². The third-order valence-electron chi connectivity index (χ3n) is 3.35. The third-order valence-corrected chi connectivity index (χ3v) is 4.29. The molecule has 3 aromatic rings. The van der Waals surface area contributed by atoms with Gasteiger partial charge in [0.25, 0.3) is 5.91 Å². The van der Waals surface area contributed by atoms with Crippen LogP contribution in [0, 0.1) is 5.82 Å². The Hall–Kier alpha value is -2.46. The second kappa shape index (κ2) is 6.54. The summed E-state index contributed by atoms with van der Waals surface area (Å²) < 4.78 is 13.8. The van der Waals surface area contributed by atoms with Crippen LogP contribution < -0.4 is 5.32 Å². The third kappa shape index (κ3) is 3.07. The molecule has 1 amide bonds. The van der Waals surface area contributed by atoms with Crippen LogP contribution >= 0.6 is 11.3 Å². The molecule has 0 saturated heterocycles. The normalized spacial score (nSPS) is 11.9. The Morgan fingerprint density at radius 3 is 2.36 bits per heavy atom. The molecular weight excluding hydrogens is 297 g/mol. The minimum atomic E-state index is -0.516. The first-order chi connectivity index (χ1) is 10.8. The van der Waals surface area contributed by atoms with E-state index in [1.165, 1.54) is 12.1 Å². The molecule has 1 N–H and O–H groups in total. The molecule has 0 spiro atoms. The van der Waals surface area contributed by atoms with Crippen molar-refractivity contribution in [2.75, 3.05) is 0 Å². The Morgan fingerprint density at radius 1 is 0.955 bits per heavy atom. The first-order valence-electron chi connectivity index (χ1n) is 6.89. The van der Waals surface area contributed by atoms with E-state index in [0.29, 0.717) is 0 Å². The molecule has 110 valence electrons. The molecule has 22 heavy (non-hydrogen) atoms. The number of rotatable bonds is 4. The molecule has 0 aliphatic rings. The molecule has 1 heterocycles. The minimum absolute atomic E-state index is 0.0555. The lowest BCUT2D eigenvalue weighted by atomic mass is 10.0. The van der Waals surface area contributed by atoms with E-state index in [0.717, 1.165) is 10.4 Å². The Balaban J connectivity index is 1.91. The predicted molar refractivity (Wildman–Crippen MR) is 86.5 cm³/mol. The average Bonchev–Trinajstić information content (AvgIpc) is 3.08. The van der Waals surface area contributed by atoms with Gasteiger partial charge in [0.2, 0.25) is 0 Å². The average molecular weight is 311 g/mol. The van der Waals surface area contributed by atoms with E-state index >= 15 is 0 Å². The van der Waals surface area contributed by atoms with Crippen molar-refractivity contribution in [1.29, 1.82) is 0 Å². The predicted octanol–water partition coefficient (Wildman–Crippen LogP) is 4.41. The van der Waals surface area contributed by atoms with Gasteiger partial charge in [0.1, 0.15) is 5.82 Å². The molecular formula is C18H14FNOS. The fourth-order valence-corrected chi connectivity index (χ4v) is 3.08. The van der Waals surface area contributed by atoms with E-state index in [1.807, 2.05) is 47.8 Å². The maximum absolute atomic E-state index is 13.8. The zero-order chi connectivity index (χ0) is 15.4. The van der Waals surface area contributed by atoms with Gasteiger partial charge in [-0.3, -0.25) is 4.79 Å². The first-order valence-corrected chi connectivity index (χ1v) is 7.77. The smallest absolute Gasteiger partial charge is 0.255 e. The number of amides is 1. The van der Waals surface area contributed by atoms with Gasteiger partial charge in [-0.25, -0.2) is 4.39 Å². The van der Waals surface area contributed by atoms with Crippen molar-refractivity contribution in [3.63, 3.8) is 0 Å². The minimum Gasteiger partial charge on any atom is -0.340 e. The van der Waals surface area contributed by atoms with Gasteiger partial charge < -0.3 is 5.32 Å². The fourth-order valence-electron chi connectivity index (χ4n) is 2.27. The Labute approximate surface area is 132 Å². The van der Waals surface area contributed by atoms with Gasteiger partial charge in [-0.1, -0.05) is 48.5 Å². The highest BCUT2D eigenvalue weighted by atomic mass is 32.1. The molecule has 2 aromatic carbocycles. The Morgan fingerprint density at radius 2 is 1.68 bits per heavy atom. The van der Waals surface area contributed by atoms with E-state index in [9.17, 15) is 9.18 Å². The van der Waals surface area contributed by atoms with Gasteiger partial charge in [0.05, 0.1) is 11.6 Å². The van der Waals surface area contributed by atoms with Crippen molar-refractivity contribution in [3.8, 4) is 0 Å². The van der Waals surface area contributed by atoms with E-state index in [2.05, 4.69) is 5.32 Å². The highest BCUT2D eigenvalue weighted by Gasteiger charge is 2.20. The van der Waals surface area contributed by atoms with E-state index in [-0.39, 0.29) is 11.6 Å². The van der Waals surface area contributed by atoms with Crippen LogP contribution in [0.15, 0.2) is 72.1 Å². The summed E-state index contributed by atoms with van der Waals surface area (Å²) in [6, 6.07) is 19.3. The summed E-state index contributed by atoms with van der Waals surface area (Å²) in [5, 5.41) is 4.88. The fraction of sp³-hybridized carbons (Fsp3) is 0.0556. The van der Waals surface area contributed by atoms with Crippen LogP contribution in [0.5, 0.6) is 0 Å². The summed E-state index contributed by atoms with van der Waals surface area (Å²) in [7, 11) is 0. The number of thiophene rings is 1. The monoisotopic (exact) mass is 311 g/mol. The van der Waals surface area contributed by atoms with Crippen molar-refractivity contribution in [1.82, 2.24) is 5.32 Å². The molecule has 0 unspecified atom stereocenters. The summed E-state index contributed by atoms with van der Waals surface area (Å²) >= 11 is 1.56. The maximum Gasteiger partial charge on any atom is 0.255 e. The molecule has 0 aliphatic heterocycles. The summed E-state index contributed by atoms with van der Waals surface area (Å²) in [4.78, 5) is 13.4. The quantitative estimate of drug-likeness (QED) is 0.760. The zero-order valence-electron chi connectivity index (χ0n) is 11.7. The molecule has 0 bridgehead atoms. The number of benzene rings is 2. The van der Waals surface area contributed by atoms with Crippen LogP contribution in [-0.4, -0.2) is 5.91 Å². The summed E-state index contributed by atoms with van der Waals surface area (Å²) in [6.07, 6.45) is 0. The lowest BCUT2D eigenvalue weighted by molar-refractivity contribution is 0.0939. The van der Waals surface area contributed by atoms with Crippen LogP contribution in [0.4, 0.5) is 4.39 Å². The van der Waals surface area contributed by atoms with Gasteiger partial charge >= 0.3 is 0 Å². The topological polar surface area (TPSA) is 29.1 Å². The molecule has 1 aromatic heterocycles. The maximum atomic E-state index is 13.8. The highest BCUT2D eigenvalue weighted by Crippen LogP contribution is 2.26. The lowest BCUT2D eigenvalue weighted by Gasteiger charge is -2.18. The summed E-state index contributed by atoms with van der Waals surface area (Å²) in [6.45, 7) is 0. The zero-order valence-corrected chi connectivity index (χ0v) is 12.5. The van der Waals surface area contributed by atoms with Crippen molar-refractivity contribution in [2.24, 2.45) is 0 Å². The largest absolute Gasteiger partial charge is 0.340 e. The molecule has 0 radical (unpaired) electrons. The summed E-state index contributed by atoms with van der Waals surface area (Å²) in [5.74, 6) is -0.932. The first kappa shape index (κ1) is 14.5. The second-order valence-corrected chi connectivity index (χ2v) is 5.79. The number of carbonyl (C=O) groups excluding carboxylic acids is 1. The van der Waals surface area contributed by atoms with Gasteiger partial charge in [-0.2, -0.15) is 0 Å². The van der Waals surface area contributed by atoms with Crippen LogP contribution in [0.2, 0.25) is 0 Å². The van der Waals surface area contributed by atoms with E-state index in [1.54, 1.807) is 23.5 Å². The van der Waals surface area contributed by atoms with Crippen LogP contribution in [-0.2, 0) is 0 Å². The van der Waals surface area contributed by atoms with Crippen LogP contribution in [0.1, 0.15) is 26.8 Å². The Bertz CT molecular complexity index is 756. The number of hydrogen-bond donors (Lipinski definition) is 1. The van der Waals surface area contributed by atoms with Crippen LogP contribution in [0.25, 0.3) is 0 Å². The second-order valence-electron chi connectivity index (χ2n) is 4.81. The molecule has 2 nitrogen and oxygen atoms in total. The van der Waals surface area contributed by atoms with E-state index in [4.69, 9.17) is 0 Å².